The second-order valence-electron chi connectivity index (χ2n) is 3.60. The van der Waals surface area contributed by atoms with Gasteiger partial charge in [0.1, 0.15) is 0 Å². The number of hydrogen-bond acceptors (Lipinski definition) is 1. The minimum Gasteiger partial charge on any atom is -0.136 e. The van der Waals surface area contributed by atoms with Crippen molar-refractivity contribution in [1.29, 1.82) is 0 Å². The second kappa shape index (κ2) is 5.94. The van der Waals surface area contributed by atoms with Crippen molar-refractivity contribution in [3.63, 3.8) is 0 Å². The molecular formula is C12H8BrCl3S. The van der Waals surface area contributed by atoms with Crippen LogP contribution in [0.1, 0.15) is 16.5 Å². The summed E-state index contributed by atoms with van der Waals surface area (Å²) in [5.74, 6) is 0. The summed E-state index contributed by atoms with van der Waals surface area (Å²) >= 11 is 23.3. The molecule has 1 heterocycles. The second-order valence-corrected chi connectivity index (χ2v) is 7.24. The standard InChI is InChI=1S/C12H8BrCl3S/c13-12-5-8(6-17-12)10(15)3-7-1-2-9(14)11(16)4-7/h1-2,4-6,10H,3H2. The average Bonchev–Trinajstić information content (AvgIpc) is 2.70. The molecule has 0 amide bonds. The van der Waals surface area contributed by atoms with Gasteiger partial charge in [0.15, 0.2) is 0 Å². The molecule has 0 fully saturated rings. The molecule has 0 saturated carbocycles. The molecule has 2 aromatic rings. The first-order valence-electron chi connectivity index (χ1n) is 4.88. The Bertz CT molecular complexity index is 524. The van der Waals surface area contributed by atoms with Crippen LogP contribution in [-0.2, 0) is 6.42 Å². The van der Waals surface area contributed by atoms with Crippen LogP contribution in [0.25, 0.3) is 0 Å². The molecule has 0 nitrogen and oxygen atoms in total. The van der Waals surface area contributed by atoms with Crippen LogP contribution < -0.4 is 0 Å². The van der Waals surface area contributed by atoms with Crippen molar-refractivity contribution in [3.05, 3.63) is 54.6 Å². The summed E-state index contributed by atoms with van der Waals surface area (Å²) in [6.45, 7) is 0. The van der Waals surface area contributed by atoms with E-state index >= 15 is 0 Å². The number of hydrogen-bond donors (Lipinski definition) is 0. The van der Waals surface area contributed by atoms with Gasteiger partial charge >= 0.3 is 0 Å². The van der Waals surface area contributed by atoms with Gasteiger partial charge in [-0.25, -0.2) is 0 Å². The molecule has 0 saturated heterocycles. The lowest BCUT2D eigenvalue weighted by atomic mass is 10.1. The van der Waals surface area contributed by atoms with Crippen molar-refractivity contribution in [3.8, 4) is 0 Å². The number of benzene rings is 1. The van der Waals surface area contributed by atoms with E-state index < -0.39 is 0 Å². The van der Waals surface area contributed by atoms with Crippen molar-refractivity contribution >= 4 is 62.1 Å². The molecule has 5 heteroatoms. The van der Waals surface area contributed by atoms with E-state index in [1.54, 1.807) is 17.4 Å². The molecule has 17 heavy (non-hydrogen) atoms. The maximum absolute atomic E-state index is 6.36. The molecule has 1 aromatic carbocycles. The van der Waals surface area contributed by atoms with E-state index in [9.17, 15) is 0 Å². The SMILES string of the molecule is Clc1ccc(CC(Cl)c2csc(Br)c2)cc1Cl. The van der Waals surface area contributed by atoms with E-state index in [1.807, 2.05) is 18.2 Å². The summed E-state index contributed by atoms with van der Waals surface area (Å²) < 4.78 is 1.09. The summed E-state index contributed by atoms with van der Waals surface area (Å²) in [6, 6.07) is 7.65. The van der Waals surface area contributed by atoms with Crippen LogP contribution in [0, 0.1) is 0 Å². The molecule has 90 valence electrons. The zero-order valence-electron chi connectivity index (χ0n) is 8.59. The predicted molar refractivity (Wildman–Crippen MR) is 80.8 cm³/mol. The third-order valence-corrected chi connectivity index (χ3v) is 5.02. The highest BCUT2D eigenvalue weighted by Gasteiger charge is 2.11. The predicted octanol–water partition coefficient (Wildman–Crippen LogP) is 6.34. The van der Waals surface area contributed by atoms with Crippen LogP contribution in [0.3, 0.4) is 0 Å². The molecule has 1 atom stereocenters. The smallest absolute Gasteiger partial charge is 0.0701 e. The molecule has 0 aliphatic heterocycles. The van der Waals surface area contributed by atoms with Crippen molar-refractivity contribution in [2.24, 2.45) is 0 Å². The quantitative estimate of drug-likeness (QED) is 0.553. The van der Waals surface area contributed by atoms with E-state index in [0.29, 0.717) is 10.0 Å². The maximum atomic E-state index is 6.36. The van der Waals surface area contributed by atoms with Crippen LogP contribution in [-0.4, -0.2) is 0 Å². The number of rotatable bonds is 3. The fourth-order valence-electron chi connectivity index (χ4n) is 1.48. The van der Waals surface area contributed by atoms with Crippen LogP contribution >= 0.6 is 62.1 Å². The molecular weight excluding hydrogens is 362 g/mol. The van der Waals surface area contributed by atoms with E-state index in [1.165, 1.54) is 0 Å². The van der Waals surface area contributed by atoms with Crippen molar-refractivity contribution in [2.75, 3.05) is 0 Å². The minimum atomic E-state index is -0.0465. The Morgan fingerprint density at radius 3 is 2.53 bits per heavy atom. The number of thiophene rings is 1. The van der Waals surface area contributed by atoms with Gasteiger partial charge in [0.2, 0.25) is 0 Å². The van der Waals surface area contributed by atoms with E-state index in [2.05, 4.69) is 21.3 Å². The third kappa shape index (κ3) is 3.62. The van der Waals surface area contributed by atoms with Gasteiger partial charge in [0.25, 0.3) is 0 Å². The highest BCUT2D eigenvalue weighted by atomic mass is 79.9. The lowest BCUT2D eigenvalue weighted by molar-refractivity contribution is 0.925. The van der Waals surface area contributed by atoms with Crippen molar-refractivity contribution < 1.29 is 0 Å². The average molecular weight is 371 g/mol. The molecule has 0 aliphatic carbocycles. The number of halogens is 4. The Kier molecular flexibility index (Phi) is 4.79. The highest BCUT2D eigenvalue weighted by molar-refractivity contribution is 9.11. The van der Waals surface area contributed by atoms with Crippen molar-refractivity contribution in [2.45, 2.75) is 11.8 Å². The fraction of sp³-hybridized carbons (Fsp3) is 0.167. The van der Waals surface area contributed by atoms with Gasteiger partial charge in [-0.15, -0.1) is 22.9 Å². The van der Waals surface area contributed by atoms with Gasteiger partial charge in [-0.2, -0.15) is 0 Å². The topological polar surface area (TPSA) is 0 Å². The molecule has 1 aromatic heterocycles. The Hall–Kier alpha value is 0.270. The van der Waals surface area contributed by atoms with Crippen LogP contribution in [0.4, 0.5) is 0 Å². The van der Waals surface area contributed by atoms with Gasteiger partial charge in [0, 0.05) is 0 Å². The first kappa shape index (κ1) is 13.7. The first-order valence-corrected chi connectivity index (χ1v) is 7.74. The lowest BCUT2D eigenvalue weighted by Crippen LogP contribution is -1.94. The monoisotopic (exact) mass is 368 g/mol. The summed E-state index contributed by atoms with van der Waals surface area (Å²) in [4.78, 5) is 0. The summed E-state index contributed by atoms with van der Waals surface area (Å²) in [6.07, 6.45) is 0.738. The van der Waals surface area contributed by atoms with Crippen LogP contribution in [0.5, 0.6) is 0 Å². The molecule has 0 radical (unpaired) electrons. The van der Waals surface area contributed by atoms with E-state index in [4.69, 9.17) is 34.8 Å². The van der Waals surface area contributed by atoms with Crippen molar-refractivity contribution in [1.82, 2.24) is 0 Å². The molecule has 0 bridgehead atoms. The molecule has 2 rings (SSSR count). The number of alkyl halides is 1. The molecule has 0 aliphatic rings. The molecule has 0 N–H and O–H groups in total. The summed E-state index contributed by atoms with van der Waals surface area (Å²) in [7, 11) is 0. The normalized spacial score (nSPS) is 12.7. The summed E-state index contributed by atoms with van der Waals surface area (Å²) in [5.41, 5.74) is 2.20. The Morgan fingerprint density at radius 1 is 1.18 bits per heavy atom. The van der Waals surface area contributed by atoms with Gasteiger partial charge in [-0.05, 0) is 57.1 Å². The largest absolute Gasteiger partial charge is 0.136 e. The van der Waals surface area contributed by atoms with Crippen LogP contribution in [0.15, 0.2) is 33.4 Å². The van der Waals surface area contributed by atoms with E-state index in [-0.39, 0.29) is 5.38 Å². The maximum Gasteiger partial charge on any atom is 0.0701 e. The fourth-order valence-corrected chi connectivity index (χ4v) is 3.41. The zero-order chi connectivity index (χ0) is 12.4. The lowest BCUT2D eigenvalue weighted by Gasteiger charge is -2.08. The Morgan fingerprint density at radius 2 is 1.94 bits per heavy atom. The van der Waals surface area contributed by atoms with Gasteiger partial charge in [0.05, 0.1) is 19.2 Å². The highest BCUT2D eigenvalue weighted by Crippen LogP contribution is 2.32. The Balaban J connectivity index is 2.12. The van der Waals surface area contributed by atoms with Gasteiger partial charge in [-0.1, -0.05) is 29.3 Å². The van der Waals surface area contributed by atoms with Gasteiger partial charge in [-0.3, -0.25) is 0 Å². The summed E-state index contributed by atoms with van der Waals surface area (Å²) in [5, 5.41) is 3.15. The Labute approximate surface area is 128 Å². The van der Waals surface area contributed by atoms with E-state index in [0.717, 1.165) is 21.3 Å². The van der Waals surface area contributed by atoms with Gasteiger partial charge < -0.3 is 0 Å². The minimum absolute atomic E-state index is 0.0465. The first-order chi connectivity index (χ1) is 8.06. The molecule has 0 spiro atoms. The molecule has 1 unspecified atom stereocenters. The zero-order valence-corrected chi connectivity index (χ0v) is 13.3. The third-order valence-electron chi connectivity index (χ3n) is 2.35. The van der Waals surface area contributed by atoms with Crippen LogP contribution in [0.2, 0.25) is 10.0 Å².